The Kier molecular flexibility index (Phi) is 2.09. The van der Waals surface area contributed by atoms with Crippen LogP contribution in [0, 0.1) is 11.2 Å². The normalized spacial score (nSPS) is 28.9. The van der Waals surface area contributed by atoms with Gasteiger partial charge in [-0.1, -0.05) is 37.6 Å². The Bertz CT molecular complexity index is 376. The molecular formula is C11H13ClFN. The maximum atomic E-state index is 13.6. The fourth-order valence-corrected chi connectivity index (χ4v) is 2.21. The van der Waals surface area contributed by atoms with Gasteiger partial charge in [0.05, 0.1) is 5.02 Å². The third-order valence-corrected chi connectivity index (χ3v) is 3.52. The molecule has 3 heteroatoms. The highest BCUT2D eigenvalue weighted by Gasteiger charge is 2.57. The van der Waals surface area contributed by atoms with Crippen molar-refractivity contribution in [3.05, 3.63) is 34.6 Å². The predicted octanol–water partition coefficient (Wildman–Crippen LogP) is 2.93. The summed E-state index contributed by atoms with van der Waals surface area (Å²) in [6.45, 7) is 4.09. The van der Waals surface area contributed by atoms with Crippen molar-refractivity contribution in [3.8, 4) is 0 Å². The Morgan fingerprint density at radius 1 is 1.43 bits per heavy atom. The van der Waals surface area contributed by atoms with Gasteiger partial charge in [0, 0.05) is 12.0 Å². The van der Waals surface area contributed by atoms with Gasteiger partial charge in [-0.05, 0) is 17.0 Å². The molecule has 0 saturated heterocycles. The summed E-state index contributed by atoms with van der Waals surface area (Å²) in [5.74, 6) is -0.221. The maximum absolute atomic E-state index is 13.6. The molecule has 1 aromatic rings. The molecule has 2 rings (SSSR count). The monoisotopic (exact) mass is 213 g/mol. The van der Waals surface area contributed by atoms with Crippen LogP contribution in [0.2, 0.25) is 5.02 Å². The molecule has 1 aliphatic rings. The van der Waals surface area contributed by atoms with Crippen LogP contribution < -0.4 is 5.73 Å². The summed E-state index contributed by atoms with van der Waals surface area (Å²) in [6, 6.07) is 5.12. The lowest BCUT2D eigenvalue weighted by atomic mass is 10.0. The first kappa shape index (κ1) is 9.94. The van der Waals surface area contributed by atoms with E-state index >= 15 is 0 Å². The molecule has 1 nitrogen and oxygen atoms in total. The van der Waals surface area contributed by atoms with Crippen LogP contribution in [0.3, 0.4) is 0 Å². The molecule has 2 atom stereocenters. The molecule has 0 spiro atoms. The van der Waals surface area contributed by atoms with Crippen molar-refractivity contribution in [1.82, 2.24) is 0 Å². The fourth-order valence-electron chi connectivity index (χ4n) is 2.03. The zero-order valence-electron chi connectivity index (χ0n) is 8.22. The first-order valence-corrected chi connectivity index (χ1v) is 5.03. The zero-order valence-corrected chi connectivity index (χ0v) is 8.98. The second-order valence-corrected chi connectivity index (χ2v) is 4.88. The van der Waals surface area contributed by atoms with Gasteiger partial charge >= 0.3 is 0 Å². The standard InChI is InChI=1S/C11H13ClFN/c1-11(2)8(10(11)14)6-4-3-5-7(12)9(6)13/h3-5,8,10H,14H2,1-2H3/t8-,10-/m0/s1. The van der Waals surface area contributed by atoms with Crippen LogP contribution in [0.15, 0.2) is 18.2 Å². The van der Waals surface area contributed by atoms with Crippen LogP contribution in [-0.2, 0) is 0 Å². The van der Waals surface area contributed by atoms with Crippen molar-refractivity contribution < 1.29 is 4.39 Å². The number of hydrogen-bond donors (Lipinski definition) is 1. The largest absolute Gasteiger partial charge is 0.327 e. The molecule has 0 aliphatic heterocycles. The van der Waals surface area contributed by atoms with Gasteiger partial charge in [0.2, 0.25) is 0 Å². The van der Waals surface area contributed by atoms with E-state index in [-0.39, 0.29) is 28.2 Å². The Balaban J connectivity index is 2.40. The van der Waals surface area contributed by atoms with E-state index in [2.05, 4.69) is 0 Å². The molecule has 0 amide bonds. The zero-order chi connectivity index (χ0) is 10.5. The summed E-state index contributed by atoms with van der Waals surface area (Å²) in [5, 5.41) is 0.178. The van der Waals surface area contributed by atoms with E-state index in [9.17, 15) is 4.39 Å². The Hall–Kier alpha value is -0.600. The lowest BCUT2D eigenvalue weighted by Gasteiger charge is -2.05. The van der Waals surface area contributed by atoms with Gasteiger partial charge in [-0.3, -0.25) is 0 Å². The maximum Gasteiger partial charge on any atom is 0.145 e. The van der Waals surface area contributed by atoms with Crippen LogP contribution in [0.1, 0.15) is 25.3 Å². The predicted molar refractivity (Wildman–Crippen MR) is 55.9 cm³/mol. The van der Waals surface area contributed by atoms with Gasteiger partial charge < -0.3 is 5.73 Å². The summed E-state index contributed by atoms with van der Waals surface area (Å²) < 4.78 is 13.6. The lowest BCUT2D eigenvalue weighted by molar-refractivity contribution is 0.571. The molecule has 1 aliphatic carbocycles. The van der Waals surface area contributed by atoms with Crippen LogP contribution in [0.5, 0.6) is 0 Å². The van der Waals surface area contributed by atoms with Gasteiger partial charge in [0.25, 0.3) is 0 Å². The molecule has 1 saturated carbocycles. The summed E-state index contributed by atoms with van der Waals surface area (Å²) >= 11 is 5.71. The number of nitrogens with two attached hydrogens (primary N) is 1. The lowest BCUT2D eigenvalue weighted by Crippen LogP contribution is -2.06. The number of hydrogen-bond acceptors (Lipinski definition) is 1. The topological polar surface area (TPSA) is 26.0 Å². The second-order valence-electron chi connectivity index (χ2n) is 4.47. The quantitative estimate of drug-likeness (QED) is 0.763. The minimum Gasteiger partial charge on any atom is -0.327 e. The van der Waals surface area contributed by atoms with Crippen LogP contribution in [-0.4, -0.2) is 6.04 Å². The summed E-state index contributed by atoms with van der Waals surface area (Å²) in [4.78, 5) is 0. The third kappa shape index (κ3) is 1.25. The first-order chi connectivity index (χ1) is 6.46. The highest BCUT2D eigenvalue weighted by Crippen LogP contribution is 2.58. The van der Waals surface area contributed by atoms with E-state index in [1.807, 2.05) is 13.8 Å². The average Bonchev–Trinajstić information content (AvgIpc) is 2.59. The van der Waals surface area contributed by atoms with E-state index < -0.39 is 0 Å². The third-order valence-electron chi connectivity index (χ3n) is 3.23. The Morgan fingerprint density at radius 3 is 2.50 bits per heavy atom. The van der Waals surface area contributed by atoms with Gasteiger partial charge in [-0.15, -0.1) is 0 Å². The van der Waals surface area contributed by atoms with Gasteiger partial charge in [0.15, 0.2) is 0 Å². The summed E-state index contributed by atoms with van der Waals surface area (Å²) in [7, 11) is 0. The minimum atomic E-state index is -0.319. The van der Waals surface area contributed by atoms with E-state index in [4.69, 9.17) is 17.3 Å². The molecule has 1 aromatic carbocycles. The SMILES string of the molecule is CC1(C)[C@@H](N)[C@@H]1c1cccc(Cl)c1F. The van der Waals surface area contributed by atoms with Gasteiger partial charge in [0.1, 0.15) is 5.82 Å². The smallest absolute Gasteiger partial charge is 0.145 e. The van der Waals surface area contributed by atoms with Crippen LogP contribution in [0.4, 0.5) is 4.39 Å². The van der Waals surface area contributed by atoms with Crippen LogP contribution in [0.25, 0.3) is 0 Å². The van der Waals surface area contributed by atoms with Gasteiger partial charge in [-0.2, -0.15) is 0 Å². The van der Waals surface area contributed by atoms with E-state index in [0.717, 1.165) is 0 Å². The van der Waals surface area contributed by atoms with Crippen molar-refractivity contribution in [2.24, 2.45) is 11.1 Å². The molecule has 0 aromatic heterocycles. The van der Waals surface area contributed by atoms with E-state index in [1.165, 1.54) is 0 Å². The van der Waals surface area contributed by atoms with E-state index in [0.29, 0.717) is 5.56 Å². The molecule has 0 unspecified atom stereocenters. The molecule has 0 bridgehead atoms. The highest BCUT2D eigenvalue weighted by molar-refractivity contribution is 6.30. The first-order valence-electron chi connectivity index (χ1n) is 4.65. The van der Waals surface area contributed by atoms with Crippen LogP contribution >= 0.6 is 11.6 Å². The fraction of sp³-hybridized carbons (Fsp3) is 0.455. The Labute approximate surface area is 88.1 Å². The number of rotatable bonds is 1. The molecular weight excluding hydrogens is 201 g/mol. The van der Waals surface area contributed by atoms with E-state index in [1.54, 1.807) is 18.2 Å². The highest BCUT2D eigenvalue weighted by atomic mass is 35.5. The molecule has 1 fully saturated rings. The second kappa shape index (κ2) is 2.94. The average molecular weight is 214 g/mol. The van der Waals surface area contributed by atoms with Crippen molar-refractivity contribution in [1.29, 1.82) is 0 Å². The number of benzene rings is 1. The Morgan fingerprint density at radius 2 is 2.00 bits per heavy atom. The molecule has 76 valence electrons. The molecule has 2 N–H and O–H groups in total. The number of halogens is 2. The van der Waals surface area contributed by atoms with Gasteiger partial charge in [-0.25, -0.2) is 4.39 Å². The van der Waals surface area contributed by atoms with Crippen molar-refractivity contribution in [2.75, 3.05) is 0 Å². The molecule has 0 radical (unpaired) electrons. The molecule has 14 heavy (non-hydrogen) atoms. The van der Waals surface area contributed by atoms with Crippen molar-refractivity contribution in [3.63, 3.8) is 0 Å². The summed E-state index contributed by atoms with van der Waals surface area (Å²) in [5.41, 5.74) is 6.53. The minimum absolute atomic E-state index is 0.00841. The van der Waals surface area contributed by atoms with Crippen molar-refractivity contribution >= 4 is 11.6 Å². The van der Waals surface area contributed by atoms with Crippen molar-refractivity contribution in [2.45, 2.75) is 25.8 Å². The molecule has 0 heterocycles. The summed E-state index contributed by atoms with van der Waals surface area (Å²) in [6.07, 6.45) is 0.